The molecular formula is C12H15FO3. The van der Waals surface area contributed by atoms with Crippen molar-refractivity contribution >= 4 is 6.29 Å². The summed E-state index contributed by atoms with van der Waals surface area (Å²) in [6.45, 7) is 3.53. The van der Waals surface area contributed by atoms with Crippen molar-refractivity contribution in [3.63, 3.8) is 0 Å². The molecule has 1 aromatic carbocycles. The van der Waals surface area contributed by atoms with Crippen molar-refractivity contribution in [2.45, 2.75) is 25.9 Å². The van der Waals surface area contributed by atoms with E-state index < -0.39 is 11.4 Å². The molecule has 0 aliphatic carbocycles. The van der Waals surface area contributed by atoms with E-state index in [0.717, 1.165) is 6.07 Å². The average molecular weight is 226 g/mol. The van der Waals surface area contributed by atoms with E-state index in [1.165, 1.54) is 12.1 Å². The number of halogens is 1. The van der Waals surface area contributed by atoms with Crippen molar-refractivity contribution in [2.75, 3.05) is 6.61 Å². The second-order valence-electron chi connectivity index (χ2n) is 3.94. The van der Waals surface area contributed by atoms with Gasteiger partial charge in [-0.1, -0.05) is 6.92 Å². The molecule has 0 aromatic heterocycles. The van der Waals surface area contributed by atoms with Crippen molar-refractivity contribution in [1.82, 2.24) is 0 Å². The number of rotatable bonds is 5. The van der Waals surface area contributed by atoms with Crippen LogP contribution in [0.4, 0.5) is 4.39 Å². The molecule has 1 aromatic rings. The van der Waals surface area contributed by atoms with Gasteiger partial charge in [-0.2, -0.15) is 0 Å². The van der Waals surface area contributed by atoms with E-state index in [4.69, 9.17) is 4.74 Å². The van der Waals surface area contributed by atoms with Crippen LogP contribution in [0.1, 0.15) is 30.6 Å². The van der Waals surface area contributed by atoms with Gasteiger partial charge in [0.15, 0.2) is 6.29 Å². The van der Waals surface area contributed by atoms with Crippen LogP contribution in [-0.2, 0) is 0 Å². The molecule has 16 heavy (non-hydrogen) atoms. The fourth-order valence-electron chi connectivity index (χ4n) is 1.08. The van der Waals surface area contributed by atoms with Crippen LogP contribution in [0.25, 0.3) is 0 Å². The lowest BCUT2D eigenvalue weighted by molar-refractivity contribution is 0.00824. The van der Waals surface area contributed by atoms with Crippen LogP contribution < -0.4 is 4.74 Å². The lowest BCUT2D eigenvalue weighted by atomic mass is 10.1. The highest BCUT2D eigenvalue weighted by atomic mass is 19.1. The maximum absolute atomic E-state index is 12.8. The number of carbonyl (C=O) groups excluding carboxylic acids is 1. The Hall–Kier alpha value is -1.42. The molecule has 0 spiro atoms. The number of aliphatic hydroxyl groups is 1. The Morgan fingerprint density at radius 1 is 1.56 bits per heavy atom. The highest BCUT2D eigenvalue weighted by molar-refractivity contribution is 5.79. The van der Waals surface area contributed by atoms with Crippen molar-refractivity contribution < 1.29 is 19.0 Å². The summed E-state index contributed by atoms with van der Waals surface area (Å²) in [6, 6.07) is 3.69. The first-order valence-corrected chi connectivity index (χ1v) is 5.08. The molecule has 1 rings (SSSR count). The SMILES string of the molecule is CCC(C)(O)COc1ccc(F)cc1C=O. The maximum Gasteiger partial charge on any atom is 0.153 e. The largest absolute Gasteiger partial charge is 0.490 e. The first kappa shape index (κ1) is 12.6. The Morgan fingerprint density at radius 2 is 2.25 bits per heavy atom. The molecule has 3 nitrogen and oxygen atoms in total. The summed E-state index contributed by atoms with van der Waals surface area (Å²) < 4.78 is 18.1. The van der Waals surface area contributed by atoms with E-state index in [1.54, 1.807) is 6.92 Å². The highest BCUT2D eigenvalue weighted by Crippen LogP contribution is 2.20. The predicted octanol–water partition coefficient (Wildman–Crippen LogP) is 2.18. The smallest absolute Gasteiger partial charge is 0.153 e. The molecule has 4 heteroatoms. The monoisotopic (exact) mass is 226 g/mol. The molecule has 0 aliphatic heterocycles. The molecule has 0 amide bonds. The van der Waals surface area contributed by atoms with Gasteiger partial charge in [-0.15, -0.1) is 0 Å². The second kappa shape index (κ2) is 5.07. The number of carbonyl (C=O) groups is 1. The molecule has 1 unspecified atom stereocenters. The van der Waals surface area contributed by atoms with E-state index in [0.29, 0.717) is 12.7 Å². The highest BCUT2D eigenvalue weighted by Gasteiger charge is 2.19. The summed E-state index contributed by atoms with van der Waals surface area (Å²) in [7, 11) is 0. The summed E-state index contributed by atoms with van der Waals surface area (Å²) in [5.74, 6) is -0.207. The fraction of sp³-hybridized carbons (Fsp3) is 0.417. The predicted molar refractivity (Wildman–Crippen MR) is 58.2 cm³/mol. The Labute approximate surface area is 93.9 Å². The first-order chi connectivity index (χ1) is 7.48. The number of aldehydes is 1. The van der Waals surface area contributed by atoms with E-state index in [-0.39, 0.29) is 17.9 Å². The first-order valence-electron chi connectivity index (χ1n) is 5.08. The molecule has 0 saturated heterocycles. The molecule has 1 N–H and O–H groups in total. The lowest BCUT2D eigenvalue weighted by Crippen LogP contribution is -2.31. The van der Waals surface area contributed by atoms with Crippen molar-refractivity contribution in [3.05, 3.63) is 29.6 Å². The molecule has 0 bridgehead atoms. The van der Waals surface area contributed by atoms with Gasteiger partial charge in [0.2, 0.25) is 0 Å². The zero-order chi connectivity index (χ0) is 12.2. The van der Waals surface area contributed by atoms with Gasteiger partial charge in [0.05, 0.1) is 11.2 Å². The van der Waals surface area contributed by atoms with Crippen LogP contribution in [0.2, 0.25) is 0 Å². The van der Waals surface area contributed by atoms with Crippen LogP contribution in [0.5, 0.6) is 5.75 Å². The summed E-state index contributed by atoms with van der Waals surface area (Å²) in [4.78, 5) is 10.7. The van der Waals surface area contributed by atoms with Crippen molar-refractivity contribution in [2.24, 2.45) is 0 Å². The van der Waals surface area contributed by atoms with E-state index in [2.05, 4.69) is 0 Å². The van der Waals surface area contributed by atoms with Gasteiger partial charge < -0.3 is 9.84 Å². The Bertz CT molecular complexity index is 375. The van der Waals surface area contributed by atoms with Gasteiger partial charge in [0.1, 0.15) is 18.2 Å². The molecule has 0 radical (unpaired) electrons. The van der Waals surface area contributed by atoms with Crippen LogP contribution in [0.15, 0.2) is 18.2 Å². The summed E-state index contributed by atoms with van der Waals surface area (Å²) in [6.07, 6.45) is 1.06. The molecule has 0 heterocycles. The Kier molecular flexibility index (Phi) is 4.01. The third-order valence-corrected chi connectivity index (χ3v) is 2.40. The zero-order valence-electron chi connectivity index (χ0n) is 9.37. The minimum Gasteiger partial charge on any atom is -0.490 e. The molecule has 0 fully saturated rings. The fourth-order valence-corrected chi connectivity index (χ4v) is 1.08. The molecular weight excluding hydrogens is 211 g/mol. The quantitative estimate of drug-likeness (QED) is 0.783. The summed E-state index contributed by atoms with van der Waals surface area (Å²) in [5, 5.41) is 9.72. The average Bonchev–Trinajstić information content (AvgIpc) is 2.27. The van der Waals surface area contributed by atoms with E-state index in [9.17, 15) is 14.3 Å². The van der Waals surface area contributed by atoms with Crippen LogP contribution in [0.3, 0.4) is 0 Å². The number of benzene rings is 1. The minimum absolute atomic E-state index is 0.0654. The number of hydrogen-bond donors (Lipinski definition) is 1. The molecule has 0 aliphatic rings. The molecule has 88 valence electrons. The van der Waals surface area contributed by atoms with Crippen LogP contribution in [-0.4, -0.2) is 23.6 Å². The van der Waals surface area contributed by atoms with Crippen molar-refractivity contribution in [1.29, 1.82) is 0 Å². The Balaban J connectivity index is 2.78. The lowest BCUT2D eigenvalue weighted by Gasteiger charge is -2.21. The van der Waals surface area contributed by atoms with Crippen LogP contribution in [0, 0.1) is 5.82 Å². The minimum atomic E-state index is -0.950. The van der Waals surface area contributed by atoms with Crippen LogP contribution >= 0.6 is 0 Å². The molecule has 1 atom stereocenters. The van der Waals surface area contributed by atoms with Gasteiger partial charge in [-0.3, -0.25) is 4.79 Å². The second-order valence-corrected chi connectivity index (χ2v) is 3.94. The number of ether oxygens (including phenoxy) is 1. The third kappa shape index (κ3) is 3.31. The van der Waals surface area contributed by atoms with Gasteiger partial charge in [0.25, 0.3) is 0 Å². The van der Waals surface area contributed by atoms with E-state index in [1.807, 2.05) is 6.92 Å². The van der Waals surface area contributed by atoms with E-state index >= 15 is 0 Å². The van der Waals surface area contributed by atoms with Gasteiger partial charge in [-0.05, 0) is 31.5 Å². The number of hydrogen-bond acceptors (Lipinski definition) is 3. The van der Waals surface area contributed by atoms with Gasteiger partial charge in [0, 0.05) is 0 Å². The molecule has 0 saturated carbocycles. The zero-order valence-corrected chi connectivity index (χ0v) is 9.37. The maximum atomic E-state index is 12.8. The summed E-state index contributed by atoms with van der Waals surface area (Å²) >= 11 is 0. The third-order valence-electron chi connectivity index (χ3n) is 2.40. The van der Waals surface area contributed by atoms with Gasteiger partial charge in [-0.25, -0.2) is 4.39 Å². The topological polar surface area (TPSA) is 46.5 Å². The van der Waals surface area contributed by atoms with Crippen molar-refractivity contribution in [3.8, 4) is 5.75 Å². The Morgan fingerprint density at radius 3 is 2.81 bits per heavy atom. The standard InChI is InChI=1S/C12H15FO3/c1-3-12(2,15)8-16-11-5-4-10(13)6-9(11)7-14/h4-7,15H,3,8H2,1-2H3. The summed E-state index contributed by atoms with van der Waals surface area (Å²) in [5.41, 5.74) is -0.805. The van der Waals surface area contributed by atoms with Gasteiger partial charge >= 0.3 is 0 Å². The normalized spacial score (nSPS) is 14.2.